The molecular formula is C28H33N3O2. The van der Waals surface area contributed by atoms with Crippen LogP contribution in [0.5, 0.6) is 0 Å². The minimum Gasteiger partial charge on any atom is -0.377 e. The van der Waals surface area contributed by atoms with E-state index in [0.29, 0.717) is 23.4 Å². The molecule has 172 valence electrons. The molecule has 0 atom stereocenters. The molecule has 0 fully saturated rings. The first-order valence-corrected chi connectivity index (χ1v) is 11.5. The molecule has 3 rings (SSSR count). The first-order chi connectivity index (χ1) is 16.0. The van der Waals surface area contributed by atoms with Gasteiger partial charge in [-0.1, -0.05) is 55.8 Å². The maximum absolute atomic E-state index is 12.9. The largest absolute Gasteiger partial charge is 0.377 e. The summed E-state index contributed by atoms with van der Waals surface area (Å²) in [7, 11) is 3.79. The summed E-state index contributed by atoms with van der Waals surface area (Å²) >= 11 is 0. The molecule has 0 unspecified atom stereocenters. The summed E-state index contributed by atoms with van der Waals surface area (Å²) in [6.07, 6.45) is 4.06. The summed E-state index contributed by atoms with van der Waals surface area (Å²) in [5.41, 5.74) is 4.92. The Balaban J connectivity index is 1.68. The quantitative estimate of drug-likeness (QED) is 0.446. The molecule has 3 aromatic carbocycles. The van der Waals surface area contributed by atoms with Gasteiger partial charge in [0, 0.05) is 37.6 Å². The van der Waals surface area contributed by atoms with E-state index in [-0.39, 0.29) is 11.8 Å². The summed E-state index contributed by atoms with van der Waals surface area (Å²) in [5.74, 6) is -0.351. The van der Waals surface area contributed by atoms with Gasteiger partial charge in [-0.25, -0.2) is 0 Å². The van der Waals surface area contributed by atoms with Gasteiger partial charge in [0.1, 0.15) is 0 Å². The molecule has 0 heterocycles. The highest BCUT2D eigenvalue weighted by atomic mass is 16.2. The lowest BCUT2D eigenvalue weighted by molar-refractivity contribution is 0.0953. The van der Waals surface area contributed by atoms with Crippen molar-refractivity contribution in [1.82, 2.24) is 5.32 Å². The van der Waals surface area contributed by atoms with Crippen LogP contribution in [-0.4, -0.2) is 32.5 Å². The van der Waals surface area contributed by atoms with Crippen LogP contribution in [0.25, 0.3) is 0 Å². The Labute approximate surface area is 196 Å². The number of carbonyl (C=O) groups excluding carboxylic acids is 2. The Bertz CT molecular complexity index is 1060. The van der Waals surface area contributed by atoms with Crippen LogP contribution in [0.1, 0.15) is 51.6 Å². The van der Waals surface area contributed by atoms with Crippen LogP contribution in [0.2, 0.25) is 0 Å². The molecule has 5 nitrogen and oxygen atoms in total. The van der Waals surface area contributed by atoms with Crippen LogP contribution in [0.15, 0.2) is 72.8 Å². The number of hydrogen-bond acceptors (Lipinski definition) is 3. The van der Waals surface area contributed by atoms with Crippen molar-refractivity contribution in [3.05, 3.63) is 95.1 Å². The fourth-order valence-electron chi connectivity index (χ4n) is 3.65. The average Bonchev–Trinajstić information content (AvgIpc) is 2.83. The molecule has 3 aromatic rings. The summed E-state index contributed by atoms with van der Waals surface area (Å²) in [6, 6.07) is 23.2. The number of amides is 2. The van der Waals surface area contributed by atoms with Crippen molar-refractivity contribution in [3.63, 3.8) is 0 Å². The molecule has 0 bridgehead atoms. The monoisotopic (exact) mass is 443 g/mol. The zero-order valence-corrected chi connectivity index (χ0v) is 19.7. The van der Waals surface area contributed by atoms with Gasteiger partial charge in [0.15, 0.2) is 0 Å². The number of carbonyl (C=O) groups is 2. The summed E-state index contributed by atoms with van der Waals surface area (Å²) < 4.78 is 0. The van der Waals surface area contributed by atoms with Crippen LogP contribution < -0.4 is 15.5 Å². The number of benzene rings is 3. The van der Waals surface area contributed by atoms with Crippen LogP contribution in [0.4, 0.5) is 11.4 Å². The highest BCUT2D eigenvalue weighted by molar-refractivity contribution is 6.06. The van der Waals surface area contributed by atoms with Crippen molar-refractivity contribution < 1.29 is 9.59 Å². The predicted molar refractivity (Wildman–Crippen MR) is 136 cm³/mol. The summed E-state index contributed by atoms with van der Waals surface area (Å²) in [4.78, 5) is 27.6. The number of hydrogen-bond donors (Lipinski definition) is 2. The van der Waals surface area contributed by atoms with Gasteiger partial charge in [0.25, 0.3) is 11.8 Å². The van der Waals surface area contributed by atoms with E-state index in [2.05, 4.69) is 17.6 Å². The first kappa shape index (κ1) is 24.1. The molecule has 2 amide bonds. The predicted octanol–water partition coefficient (Wildman–Crippen LogP) is 5.32. The maximum atomic E-state index is 12.9. The van der Waals surface area contributed by atoms with Crippen molar-refractivity contribution in [2.45, 2.75) is 32.6 Å². The van der Waals surface area contributed by atoms with Crippen molar-refractivity contribution in [2.75, 3.05) is 30.9 Å². The van der Waals surface area contributed by atoms with Gasteiger partial charge in [-0.15, -0.1) is 0 Å². The Kier molecular flexibility index (Phi) is 8.64. The number of nitrogens with zero attached hydrogens (tertiary/aromatic N) is 1. The van der Waals surface area contributed by atoms with Gasteiger partial charge < -0.3 is 15.5 Å². The van der Waals surface area contributed by atoms with Gasteiger partial charge >= 0.3 is 0 Å². The molecule has 0 radical (unpaired) electrons. The standard InChI is InChI=1S/C28H33N3O2/c1-4-5-9-22-12-14-23(15-13-22)27(32)30-24-16-17-26(31(2)3)25(20-24)28(33)29-19-18-21-10-7-6-8-11-21/h6-8,10-17,20H,4-5,9,18-19H2,1-3H3,(H,29,33)(H,30,32). The molecule has 0 aliphatic carbocycles. The zero-order valence-electron chi connectivity index (χ0n) is 19.7. The molecule has 0 aliphatic rings. The summed E-state index contributed by atoms with van der Waals surface area (Å²) in [5, 5.41) is 5.93. The van der Waals surface area contributed by atoms with E-state index < -0.39 is 0 Å². The number of aryl methyl sites for hydroxylation is 1. The van der Waals surface area contributed by atoms with E-state index in [1.165, 1.54) is 11.1 Å². The Hall–Kier alpha value is -3.60. The highest BCUT2D eigenvalue weighted by Gasteiger charge is 2.15. The lowest BCUT2D eigenvalue weighted by Gasteiger charge is -2.18. The van der Waals surface area contributed by atoms with Gasteiger partial charge in [-0.2, -0.15) is 0 Å². The van der Waals surface area contributed by atoms with E-state index in [1.54, 1.807) is 6.07 Å². The number of anilines is 2. The second-order valence-electron chi connectivity index (χ2n) is 8.37. The van der Waals surface area contributed by atoms with E-state index in [1.807, 2.05) is 85.7 Å². The normalized spacial score (nSPS) is 10.5. The Morgan fingerprint density at radius 2 is 1.52 bits per heavy atom. The third kappa shape index (κ3) is 6.94. The van der Waals surface area contributed by atoms with E-state index >= 15 is 0 Å². The van der Waals surface area contributed by atoms with E-state index in [9.17, 15) is 9.59 Å². The second kappa shape index (κ2) is 11.9. The van der Waals surface area contributed by atoms with Gasteiger partial charge in [-0.05, 0) is 60.7 Å². The van der Waals surface area contributed by atoms with Crippen LogP contribution >= 0.6 is 0 Å². The summed E-state index contributed by atoms with van der Waals surface area (Å²) in [6.45, 7) is 2.71. The SMILES string of the molecule is CCCCc1ccc(C(=O)Nc2ccc(N(C)C)c(C(=O)NCCc3ccccc3)c2)cc1. The molecule has 2 N–H and O–H groups in total. The molecule has 0 saturated heterocycles. The molecule has 5 heteroatoms. The van der Waals surface area contributed by atoms with Crippen molar-refractivity contribution >= 4 is 23.2 Å². The number of unbranched alkanes of at least 4 members (excludes halogenated alkanes) is 1. The highest BCUT2D eigenvalue weighted by Crippen LogP contribution is 2.23. The van der Waals surface area contributed by atoms with Crippen LogP contribution in [0.3, 0.4) is 0 Å². The minimum atomic E-state index is -0.190. The van der Waals surface area contributed by atoms with Crippen molar-refractivity contribution in [2.24, 2.45) is 0 Å². The first-order valence-electron chi connectivity index (χ1n) is 11.5. The maximum Gasteiger partial charge on any atom is 0.255 e. The molecule has 33 heavy (non-hydrogen) atoms. The van der Waals surface area contributed by atoms with Crippen molar-refractivity contribution in [1.29, 1.82) is 0 Å². The van der Waals surface area contributed by atoms with Crippen LogP contribution in [0, 0.1) is 0 Å². The number of rotatable bonds is 10. The zero-order chi connectivity index (χ0) is 23.6. The minimum absolute atomic E-state index is 0.161. The molecular weight excluding hydrogens is 410 g/mol. The fourth-order valence-corrected chi connectivity index (χ4v) is 3.65. The molecule has 0 aliphatic heterocycles. The van der Waals surface area contributed by atoms with Gasteiger partial charge in [0.05, 0.1) is 5.56 Å². The smallest absolute Gasteiger partial charge is 0.255 e. The van der Waals surface area contributed by atoms with Gasteiger partial charge in [0.2, 0.25) is 0 Å². The second-order valence-corrected chi connectivity index (χ2v) is 8.37. The van der Waals surface area contributed by atoms with E-state index in [4.69, 9.17) is 0 Å². The Morgan fingerprint density at radius 1 is 0.818 bits per heavy atom. The van der Waals surface area contributed by atoms with Gasteiger partial charge in [-0.3, -0.25) is 9.59 Å². The van der Waals surface area contributed by atoms with E-state index in [0.717, 1.165) is 31.4 Å². The molecule has 0 aromatic heterocycles. The molecule has 0 saturated carbocycles. The topological polar surface area (TPSA) is 61.4 Å². The number of nitrogens with one attached hydrogen (secondary N) is 2. The third-order valence-corrected chi connectivity index (χ3v) is 5.56. The van der Waals surface area contributed by atoms with Crippen LogP contribution in [-0.2, 0) is 12.8 Å². The fraction of sp³-hybridized carbons (Fsp3) is 0.286. The Morgan fingerprint density at radius 3 is 2.18 bits per heavy atom. The van der Waals surface area contributed by atoms with Crippen molar-refractivity contribution in [3.8, 4) is 0 Å². The average molecular weight is 444 g/mol. The third-order valence-electron chi connectivity index (χ3n) is 5.56. The lowest BCUT2D eigenvalue weighted by Crippen LogP contribution is -2.28. The molecule has 0 spiro atoms. The lowest BCUT2D eigenvalue weighted by atomic mass is 10.1.